The van der Waals surface area contributed by atoms with Gasteiger partial charge in [-0.15, -0.1) is 0 Å². The maximum Gasteiger partial charge on any atom is 0.421 e. The van der Waals surface area contributed by atoms with Crippen molar-refractivity contribution in [3.8, 4) is 5.88 Å². The fraction of sp³-hybridized carbons (Fsp3) is 0.650. The van der Waals surface area contributed by atoms with E-state index in [1.165, 1.54) is 0 Å². The van der Waals surface area contributed by atoms with E-state index in [0.29, 0.717) is 44.0 Å². The number of halogens is 3. The molecule has 0 bridgehead atoms. The summed E-state index contributed by atoms with van der Waals surface area (Å²) in [6.07, 6.45) is -0.264. The summed E-state index contributed by atoms with van der Waals surface area (Å²) in [6.45, 7) is 1.70. The Morgan fingerprint density at radius 2 is 2.06 bits per heavy atom. The number of ether oxygens (including phenoxy) is 2. The van der Waals surface area contributed by atoms with Crippen molar-refractivity contribution in [2.45, 2.75) is 56.3 Å². The first-order chi connectivity index (χ1) is 15.3. The molecule has 0 radical (unpaired) electrons. The quantitative estimate of drug-likeness (QED) is 0.584. The minimum absolute atomic E-state index is 0.0693. The number of aromatic nitrogens is 4. The van der Waals surface area contributed by atoms with Crippen LogP contribution in [0.2, 0.25) is 0 Å². The lowest BCUT2D eigenvalue weighted by Crippen LogP contribution is -2.35. The highest BCUT2D eigenvalue weighted by Gasteiger charge is 2.40. The van der Waals surface area contributed by atoms with Crippen molar-refractivity contribution in [2.24, 2.45) is 5.92 Å². The molecule has 1 saturated heterocycles. The molecule has 1 unspecified atom stereocenters. The number of nitrogens with two attached hydrogens (primary N) is 1. The molecule has 9 nitrogen and oxygen atoms in total. The average Bonchev–Trinajstić information content (AvgIpc) is 3.32. The Hall–Kier alpha value is -2.60. The number of nitrogens with zero attached hydrogens (tertiary/aromatic N) is 4. The molecule has 2 aromatic rings. The number of aliphatic hydroxyl groups excluding tert-OH is 1. The average molecular weight is 454 g/mol. The van der Waals surface area contributed by atoms with Crippen LogP contribution < -0.4 is 15.8 Å². The van der Waals surface area contributed by atoms with E-state index in [0.717, 1.165) is 31.4 Å². The molecule has 32 heavy (non-hydrogen) atoms. The van der Waals surface area contributed by atoms with Crippen LogP contribution in [0.3, 0.4) is 0 Å². The molecule has 3 heterocycles. The summed E-state index contributed by atoms with van der Waals surface area (Å²) in [5.41, 5.74) is 5.71. The van der Waals surface area contributed by atoms with Crippen molar-refractivity contribution >= 4 is 17.5 Å². The monoisotopic (exact) mass is 454 g/mol. The van der Waals surface area contributed by atoms with Crippen LogP contribution >= 0.6 is 0 Å². The van der Waals surface area contributed by atoms with E-state index in [9.17, 15) is 18.3 Å². The number of nitrogens with one attached hydrogen (secondary N) is 1. The van der Waals surface area contributed by atoms with Gasteiger partial charge in [0.2, 0.25) is 11.8 Å². The predicted octanol–water partition coefficient (Wildman–Crippen LogP) is 3.01. The van der Waals surface area contributed by atoms with E-state index in [4.69, 9.17) is 20.3 Å². The summed E-state index contributed by atoms with van der Waals surface area (Å²) in [6, 6.07) is -0.212. The van der Waals surface area contributed by atoms with E-state index in [-0.39, 0.29) is 23.8 Å². The van der Waals surface area contributed by atoms with Crippen molar-refractivity contribution in [1.82, 2.24) is 19.7 Å². The van der Waals surface area contributed by atoms with Crippen LogP contribution in [0.1, 0.15) is 55.3 Å². The first kappa shape index (κ1) is 21.3. The standard InChI is InChI=1S/C20H25F3N6O3/c21-20(22,23)12-7-25-19(27-17(12)24)26-16-15(11-1-2-11)28-29(13-3-4-14(13)30)18(16)32-9-10-5-6-31-8-10/h7,10-11,13-14,30H,1-6,8-9H2,(H3,24,25,26,27)/t10-,13?,14-/m0/s1. The number of aliphatic hydroxyl groups is 1. The fourth-order valence-corrected chi connectivity index (χ4v) is 4.01. The molecular formula is C20H25F3N6O3. The van der Waals surface area contributed by atoms with Gasteiger partial charge in [-0.25, -0.2) is 9.67 Å². The molecule has 12 heteroatoms. The van der Waals surface area contributed by atoms with Crippen LogP contribution in [0.4, 0.5) is 30.6 Å². The molecule has 174 valence electrons. The van der Waals surface area contributed by atoms with E-state index in [2.05, 4.69) is 15.3 Å². The summed E-state index contributed by atoms with van der Waals surface area (Å²) in [7, 11) is 0. The zero-order chi connectivity index (χ0) is 22.5. The van der Waals surface area contributed by atoms with Gasteiger partial charge in [0.25, 0.3) is 0 Å². The van der Waals surface area contributed by atoms with Crippen LogP contribution in [0.15, 0.2) is 6.20 Å². The lowest BCUT2D eigenvalue weighted by molar-refractivity contribution is -0.137. The maximum atomic E-state index is 13.0. The topological polar surface area (TPSA) is 120 Å². The SMILES string of the molecule is Nc1nc(Nc2c(C3CC3)nn(C3CC[C@@H]3O)c2OC[C@H]2CCOC2)ncc1C(F)(F)F. The summed E-state index contributed by atoms with van der Waals surface area (Å²) in [4.78, 5) is 7.63. The normalized spacial score (nSPS) is 25.6. The van der Waals surface area contributed by atoms with Gasteiger partial charge in [0.1, 0.15) is 17.1 Å². The molecule has 4 N–H and O–H groups in total. The van der Waals surface area contributed by atoms with Crippen LogP contribution in [-0.4, -0.2) is 50.8 Å². The zero-order valence-electron chi connectivity index (χ0n) is 17.3. The summed E-state index contributed by atoms with van der Waals surface area (Å²) < 4.78 is 52.4. The second-order valence-corrected chi connectivity index (χ2v) is 8.65. The maximum absolute atomic E-state index is 13.0. The van der Waals surface area contributed by atoms with Crippen molar-refractivity contribution in [3.05, 3.63) is 17.5 Å². The third kappa shape index (κ3) is 4.08. The van der Waals surface area contributed by atoms with Crippen molar-refractivity contribution in [1.29, 1.82) is 0 Å². The largest absolute Gasteiger partial charge is 0.476 e. The van der Waals surface area contributed by atoms with Crippen molar-refractivity contribution < 1.29 is 27.8 Å². The molecule has 3 aliphatic rings. The van der Waals surface area contributed by atoms with Gasteiger partial charge in [-0.2, -0.15) is 23.3 Å². The van der Waals surface area contributed by atoms with E-state index in [1.807, 2.05) is 0 Å². The third-order valence-corrected chi connectivity index (χ3v) is 6.21. The molecule has 0 spiro atoms. The summed E-state index contributed by atoms with van der Waals surface area (Å²) >= 11 is 0. The van der Waals surface area contributed by atoms with Gasteiger partial charge in [-0.1, -0.05) is 0 Å². The van der Waals surface area contributed by atoms with Gasteiger partial charge in [-0.3, -0.25) is 0 Å². The highest BCUT2D eigenvalue weighted by Crippen LogP contribution is 2.49. The van der Waals surface area contributed by atoms with Gasteiger partial charge in [-0.05, 0) is 32.1 Å². The first-order valence-electron chi connectivity index (χ1n) is 10.8. The number of hydrogen-bond acceptors (Lipinski definition) is 8. The molecule has 0 amide bonds. The molecule has 2 aliphatic carbocycles. The summed E-state index contributed by atoms with van der Waals surface area (Å²) in [5.74, 6) is 0.153. The van der Waals surface area contributed by atoms with Crippen LogP contribution in [0.5, 0.6) is 5.88 Å². The highest BCUT2D eigenvalue weighted by atomic mass is 19.4. The Kier molecular flexibility index (Phi) is 5.36. The Balaban J connectivity index is 1.48. The smallest absolute Gasteiger partial charge is 0.421 e. The van der Waals surface area contributed by atoms with Crippen molar-refractivity contribution in [3.63, 3.8) is 0 Å². The molecule has 5 rings (SSSR count). The van der Waals surface area contributed by atoms with E-state index in [1.54, 1.807) is 4.68 Å². The van der Waals surface area contributed by atoms with Crippen LogP contribution in [-0.2, 0) is 10.9 Å². The second-order valence-electron chi connectivity index (χ2n) is 8.65. The van der Waals surface area contributed by atoms with E-state index < -0.39 is 23.7 Å². The fourth-order valence-electron chi connectivity index (χ4n) is 4.01. The van der Waals surface area contributed by atoms with Crippen LogP contribution in [0.25, 0.3) is 0 Å². The lowest BCUT2D eigenvalue weighted by atomic mass is 9.89. The van der Waals surface area contributed by atoms with Gasteiger partial charge in [0.05, 0.1) is 31.1 Å². The number of anilines is 3. The van der Waals surface area contributed by atoms with Crippen molar-refractivity contribution in [2.75, 3.05) is 30.9 Å². The Bertz CT molecular complexity index is 988. The number of alkyl halides is 3. The summed E-state index contributed by atoms with van der Waals surface area (Å²) in [5, 5.41) is 18.0. The predicted molar refractivity (Wildman–Crippen MR) is 108 cm³/mol. The molecule has 0 aromatic carbocycles. The zero-order valence-corrected chi connectivity index (χ0v) is 17.3. The minimum atomic E-state index is -4.63. The Morgan fingerprint density at radius 3 is 2.62 bits per heavy atom. The number of nitrogen functional groups attached to an aromatic ring is 1. The number of rotatable bonds is 7. The molecule has 3 fully saturated rings. The van der Waals surface area contributed by atoms with Gasteiger partial charge >= 0.3 is 6.18 Å². The molecular weight excluding hydrogens is 429 g/mol. The molecule has 2 saturated carbocycles. The van der Waals surface area contributed by atoms with E-state index >= 15 is 0 Å². The highest BCUT2D eigenvalue weighted by molar-refractivity contribution is 5.66. The van der Waals surface area contributed by atoms with Gasteiger partial charge in [0.15, 0.2) is 0 Å². The number of hydrogen-bond donors (Lipinski definition) is 3. The van der Waals surface area contributed by atoms with Gasteiger partial charge < -0.3 is 25.6 Å². The first-order valence-corrected chi connectivity index (χ1v) is 10.8. The molecule has 1 aliphatic heterocycles. The lowest BCUT2D eigenvalue weighted by Gasteiger charge is -2.33. The van der Waals surface area contributed by atoms with Gasteiger partial charge in [0, 0.05) is 24.6 Å². The molecule has 2 aromatic heterocycles. The third-order valence-electron chi connectivity index (χ3n) is 6.21. The van der Waals surface area contributed by atoms with Crippen LogP contribution in [0, 0.1) is 5.92 Å². The Labute approximate surface area is 182 Å². The second kappa shape index (κ2) is 8.07. The minimum Gasteiger partial charge on any atom is -0.476 e. The Morgan fingerprint density at radius 1 is 1.25 bits per heavy atom. The molecule has 3 atom stereocenters.